The van der Waals surface area contributed by atoms with Crippen molar-refractivity contribution in [2.75, 3.05) is 7.11 Å². The van der Waals surface area contributed by atoms with Gasteiger partial charge in [0.25, 0.3) is 10.0 Å². The molecule has 0 saturated heterocycles. The maximum atomic E-state index is 13.3. The molecular formula is C21H24BrN3O4S. The van der Waals surface area contributed by atoms with Gasteiger partial charge in [0.15, 0.2) is 0 Å². The van der Waals surface area contributed by atoms with Crippen molar-refractivity contribution in [1.82, 2.24) is 13.9 Å². The lowest BCUT2D eigenvalue weighted by Crippen LogP contribution is -2.44. The van der Waals surface area contributed by atoms with E-state index in [1.165, 1.54) is 29.5 Å². The molecule has 1 aromatic carbocycles. The third-order valence-corrected chi connectivity index (χ3v) is 7.10. The Labute approximate surface area is 184 Å². The lowest BCUT2D eigenvalue weighted by atomic mass is 10.0. The summed E-state index contributed by atoms with van der Waals surface area (Å²) in [5.74, 6) is 0. The first-order valence-corrected chi connectivity index (χ1v) is 11.9. The van der Waals surface area contributed by atoms with Crippen molar-refractivity contribution in [1.29, 1.82) is 0 Å². The molecule has 0 aliphatic rings. The number of rotatable bonds is 5. The van der Waals surface area contributed by atoms with Crippen LogP contribution in [0.4, 0.5) is 4.79 Å². The second-order valence-electron chi connectivity index (χ2n) is 7.86. The number of carbonyl (C=O) groups excluding carboxylic acids is 1. The number of aromatic nitrogens is 2. The normalized spacial score (nSPS) is 12.2. The smallest absolute Gasteiger partial charge is 0.410 e. The number of hydrogen-bond acceptors (Lipinski definition) is 5. The Bertz CT molecular complexity index is 1170. The molecule has 0 saturated carbocycles. The first-order valence-electron chi connectivity index (χ1n) is 9.29. The Morgan fingerprint density at radius 3 is 2.57 bits per heavy atom. The molecule has 2 aromatic heterocycles. The minimum atomic E-state index is -3.86. The van der Waals surface area contributed by atoms with Gasteiger partial charge in [0.1, 0.15) is 4.90 Å². The molecule has 1 amide bonds. The lowest BCUT2D eigenvalue weighted by Gasteiger charge is -2.34. The van der Waals surface area contributed by atoms with Crippen molar-refractivity contribution >= 4 is 42.9 Å². The summed E-state index contributed by atoms with van der Waals surface area (Å²) >= 11 is 3.43. The van der Waals surface area contributed by atoms with E-state index in [0.717, 1.165) is 10.9 Å². The van der Waals surface area contributed by atoms with Gasteiger partial charge in [-0.15, -0.1) is 0 Å². The Balaban J connectivity index is 2.21. The number of benzene rings is 1. The highest BCUT2D eigenvalue weighted by Gasteiger charge is 2.29. The van der Waals surface area contributed by atoms with Gasteiger partial charge in [-0.3, -0.25) is 9.88 Å². The first-order chi connectivity index (χ1) is 14.1. The van der Waals surface area contributed by atoms with E-state index in [4.69, 9.17) is 4.74 Å². The van der Waals surface area contributed by atoms with E-state index in [1.807, 2.05) is 39.0 Å². The lowest BCUT2D eigenvalue weighted by molar-refractivity contribution is 0.0795. The molecule has 0 unspecified atom stereocenters. The Morgan fingerprint density at radius 2 is 2.00 bits per heavy atom. The minimum Gasteiger partial charge on any atom is -0.453 e. The SMILES string of the molecule is COC(=O)N(Cc1cn(S(=O)(=O)c2cccnc2)c2cc(CBr)ccc12)C(C)(C)C. The van der Waals surface area contributed by atoms with Gasteiger partial charge in [-0.05, 0) is 50.1 Å². The predicted molar refractivity (Wildman–Crippen MR) is 119 cm³/mol. The van der Waals surface area contributed by atoms with Crippen LogP contribution in [-0.2, 0) is 26.6 Å². The molecule has 30 heavy (non-hydrogen) atoms. The van der Waals surface area contributed by atoms with Crippen molar-refractivity contribution in [3.63, 3.8) is 0 Å². The summed E-state index contributed by atoms with van der Waals surface area (Å²) in [6.07, 6.45) is 3.95. The van der Waals surface area contributed by atoms with Gasteiger partial charge in [-0.1, -0.05) is 28.1 Å². The second-order valence-corrected chi connectivity index (χ2v) is 10.2. The van der Waals surface area contributed by atoms with E-state index in [2.05, 4.69) is 20.9 Å². The van der Waals surface area contributed by atoms with E-state index >= 15 is 0 Å². The fourth-order valence-corrected chi connectivity index (χ4v) is 4.89. The monoisotopic (exact) mass is 493 g/mol. The summed E-state index contributed by atoms with van der Waals surface area (Å²) in [6, 6.07) is 8.75. The highest BCUT2D eigenvalue weighted by atomic mass is 79.9. The van der Waals surface area contributed by atoms with Crippen LogP contribution in [0, 0.1) is 0 Å². The number of carbonyl (C=O) groups is 1. The standard InChI is InChI=1S/C21H24BrN3O4S/c1-21(2,3)24(20(26)29-4)13-16-14-25(19-10-15(11-22)7-8-18(16)19)30(27,28)17-6-5-9-23-12-17/h5-10,12,14H,11,13H2,1-4H3. The maximum Gasteiger partial charge on any atom is 0.410 e. The van der Waals surface area contributed by atoms with Crippen molar-refractivity contribution in [2.24, 2.45) is 0 Å². The third kappa shape index (κ3) is 4.22. The van der Waals surface area contributed by atoms with Crippen LogP contribution in [0.3, 0.4) is 0 Å². The van der Waals surface area contributed by atoms with Crippen LogP contribution in [0.5, 0.6) is 0 Å². The molecule has 7 nitrogen and oxygen atoms in total. The van der Waals surface area contributed by atoms with Crippen LogP contribution >= 0.6 is 15.9 Å². The van der Waals surface area contributed by atoms with E-state index in [1.54, 1.807) is 17.2 Å². The zero-order valence-corrected chi connectivity index (χ0v) is 19.7. The molecule has 3 rings (SSSR count). The molecule has 9 heteroatoms. The van der Waals surface area contributed by atoms with Gasteiger partial charge in [0.05, 0.1) is 19.2 Å². The summed E-state index contributed by atoms with van der Waals surface area (Å²) in [7, 11) is -2.53. The Morgan fingerprint density at radius 1 is 1.27 bits per heavy atom. The summed E-state index contributed by atoms with van der Waals surface area (Å²) in [4.78, 5) is 18.0. The fraction of sp³-hybridized carbons (Fsp3) is 0.333. The van der Waals surface area contributed by atoms with Crippen molar-refractivity contribution < 1.29 is 17.9 Å². The third-order valence-electron chi connectivity index (χ3n) is 4.80. The molecule has 0 spiro atoms. The average molecular weight is 494 g/mol. The zero-order valence-electron chi connectivity index (χ0n) is 17.3. The quantitative estimate of drug-likeness (QED) is 0.487. The summed E-state index contributed by atoms with van der Waals surface area (Å²) < 4.78 is 32.9. The molecule has 160 valence electrons. The van der Waals surface area contributed by atoms with E-state index in [-0.39, 0.29) is 11.4 Å². The number of methoxy groups -OCH3 is 1. The Kier molecular flexibility index (Phi) is 6.24. The molecule has 3 aromatic rings. The number of hydrogen-bond donors (Lipinski definition) is 0. The van der Waals surface area contributed by atoms with Gasteiger partial charge in [-0.2, -0.15) is 0 Å². The van der Waals surface area contributed by atoms with Gasteiger partial charge < -0.3 is 4.74 Å². The van der Waals surface area contributed by atoms with Gasteiger partial charge in [-0.25, -0.2) is 17.2 Å². The van der Waals surface area contributed by atoms with Crippen LogP contribution in [0.25, 0.3) is 10.9 Å². The number of pyridine rings is 1. The van der Waals surface area contributed by atoms with Crippen molar-refractivity contribution in [3.8, 4) is 0 Å². The predicted octanol–water partition coefficient (Wildman–Crippen LogP) is 4.54. The number of alkyl halides is 1. The van der Waals surface area contributed by atoms with E-state index in [9.17, 15) is 13.2 Å². The molecule has 0 bridgehead atoms. The number of nitrogens with zero attached hydrogens (tertiary/aromatic N) is 3. The molecule has 0 radical (unpaired) electrons. The summed E-state index contributed by atoms with van der Waals surface area (Å²) in [5.41, 5.74) is 1.68. The fourth-order valence-electron chi connectivity index (χ4n) is 3.19. The molecule has 0 aliphatic carbocycles. The number of fused-ring (bicyclic) bond motifs is 1. The molecular weight excluding hydrogens is 470 g/mol. The highest BCUT2D eigenvalue weighted by molar-refractivity contribution is 9.08. The second kappa shape index (κ2) is 8.39. The molecule has 0 atom stereocenters. The van der Waals surface area contributed by atoms with Crippen LogP contribution in [-0.4, -0.2) is 41.0 Å². The van der Waals surface area contributed by atoms with Crippen LogP contribution < -0.4 is 0 Å². The van der Waals surface area contributed by atoms with Gasteiger partial charge >= 0.3 is 6.09 Å². The minimum absolute atomic E-state index is 0.0957. The summed E-state index contributed by atoms with van der Waals surface area (Å²) in [6.45, 7) is 5.91. The van der Waals surface area contributed by atoms with Crippen LogP contribution in [0.15, 0.2) is 53.8 Å². The number of ether oxygens (including phenoxy) is 1. The largest absolute Gasteiger partial charge is 0.453 e. The summed E-state index contributed by atoms with van der Waals surface area (Å²) in [5, 5.41) is 1.34. The molecule has 0 N–H and O–H groups in total. The maximum absolute atomic E-state index is 13.3. The van der Waals surface area contributed by atoms with Crippen LogP contribution in [0.2, 0.25) is 0 Å². The van der Waals surface area contributed by atoms with Crippen molar-refractivity contribution in [2.45, 2.75) is 43.1 Å². The molecule has 0 aliphatic heterocycles. The zero-order chi connectivity index (χ0) is 22.1. The average Bonchev–Trinajstić information content (AvgIpc) is 3.09. The van der Waals surface area contributed by atoms with Crippen LogP contribution in [0.1, 0.15) is 31.9 Å². The van der Waals surface area contributed by atoms with Gasteiger partial charge in [0.2, 0.25) is 0 Å². The van der Waals surface area contributed by atoms with Gasteiger partial charge in [0, 0.05) is 34.8 Å². The van der Waals surface area contributed by atoms with E-state index < -0.39 is 21.7 Å². The highest BCUT2D eigenvalue weighted by Crippen LogP contribution is 2.30. The Hall–Kier alpha value is -2.39. The number of amides is 1. The van der Waals surface area contributed by atoms with Crippen molar-refractivity contribution in [3.05, 3.63) is 60.0 Å². The topological polar surface area (TPSA) is 81.5 Å². The number of halogens is 1. The molecule has 0 fully saturated rings. The first kappa shape index (κ1) is 22.3. The van der Waals surface area contributed by atoms with E-state index in [0.29, 0.717) is 16.4 Å². The molecule has 2 heterocycles.